The Morgan fingerprint density at radius 1 is 1.00 bits per heavy atom. The summed E-state index contributed by atoms with van der Waals surface area (Å²) >= 11 is 0. The number of aromatic nitrogens is 4. The number of ether oxygens (including phenoxy) is 1. The van der Waals surface area contributed by atoms with Gasteiger partial charge in [0.25, 0.3) is 5.78 Å². The molecule has 0 bridgehead atoms. The van der Waals surface area contributed by atoms with Gasteiger partial charge in [-0.1, -0.05) is 60.7 Å². The van der Waals surface area contributed by atoms with Crippen molar-refractivity contribution in [3.63, 3.8) is 0 Å². The summed E-state index contributed by atoms with van der Waals surface area (Å²) in [6, 6.07) is 22.6. The molecule has 1 saturated heterocycles. The summed E-state index contributed by atoms with van der Waals surface area (Å²) in [6.07, 6.45) is 1.55. The molecule has 0 spiro atoms. The molecule has 0 N–H and O–H groups in total. The van der Waals surface area contributed by atoms with Crippen LogP contribution < -0.4 is 4.90 Å². The van der Waals surface area contributed by atoms with Crippen LogP contribution in [0.3, 0.4) is 0 Å². The van der Waals surface area contributed by atoms with Gasteiger partial charge in [-0.2, -0.15) is 14.6 Å². The van der Waals surface area contributed by atoms with E-state index in [1.54, 1.807) is 6.33 Å². The average Bonchev–Trinajstić information content (AvgIpc) is 3.23. The minimum absolute atomic E-state index is 0.386. The van der Waals surface area contributed by atoms with Gasteiger partial charge in [-0.3, -0.25) is 0 Å². The minimum Gasteiger partial charge on any atom is -0.367 e. The monoisotopic (exact) mass is 371 g/mol. The molecule has 1 atom stereocenters. The van der Waals surface area contributed by atoms with Crippen molar-refractivity contribution in [2.24, 2.45) is 0 Å². The van der Waals surface area contributed by atoms with E-state index in [1.807, 2.05) is 28.8 Å². The Morgan fingerprint density at radius 2 is 1.75 bits per heavy atom. The maximum atomic E-state index is 6.21. The lowest BCUT2D eigenvalue weighted by molar-refractivity contribution is -0.0468. The lowest BCUT2D eigenvalue weighted by Crippen LogP contribution is -2.49. The van der Waals surface area contributed by atoms with E-state index in [2.05, 4.69) is 69.4 Å². The highest BCUT2D eigenvalue weighted by atomic mass is 16.5. The Bertz CT molecular complexity index is 1100. The van der Waals surface area contributed by atoms with Crippen molar-refractivity contribution in [2.75, 3.05) is 24.6 Å². The lowest BCUT2D eigenvalue weighted by Gasteiger charge is -2.41. The normalized spacial score (nSPS) is 19.8. The Kier molecular flexibility index (Phi) is 4.06. The molecule has 28 heavy (non-hydrogen) atoms. The van der Waals surface area contributed by atoms with Crippen molar-refractivity contribution in [2.45, 2.75) is 12.5 Å². The van der Waals surface area contributed by atoms with E-state index < -0.39 is 0 Å². The molecule has 6 nitrogen and oxygen atoms in total. The summed E-state index contributed by atoms with van der Waals surface area (Å²) in [5.41, 5.74) is 2.74. The molecule has 4 aromatic rings. The van der Waals surface area contributed by atoms with Gasteiger partial charge in [-0.15, -0.1) is 0 Å². The summed E-state index contributed by atoms with van der Waals surface area (Å²) in [5.74, 6) is 1.58. The van der Waals surface area contributed by atoms with E-state index in [1.165, 1.54) is 5.56 Å². The van der Waals surface area contributed by atoms with Crippen LogP contribution in [0.5, 0.6) is 0 Å². The van der Waals surface area contributed by atoms with Crippen LogP contribution in [0.15, 0.2) is 73.1 Å². The third kappa shape index (κ3) is 2.92. The summed E-state index contributed by atoms with van der Waals surface area (Å²) in [5, 5.41) is 4.41. The van der Waals surface area contributed by atoms with E-state index in [-0.39, 0.29) is 5.60 Å². The topological polar surface area (TPSA) is 55.6 Å². The second-order valence-electron chi connectivity index (χ2n) is 7.20. The number of nitrogens with zero attached hydrogens (tertiary/aromatic N) is 5. The second kappa shape index (κ2) is 6.73. The molecule has 1 fully saturated rings. The van der Waals surface area contributed by atoms with E-state index >= 15 is 0 Å². The lowest BCUT2D eigenvalue weighted by atomic mass is 9.94. The fourth-order valence-electron chi connectivity index (χ4n) is 3.81. The van der Waals surface area contributed by atoms with E-state index in [0.717, 1.165) is 30.2 Å². The first-order valence-electron chi connectivity index (χ1n) is 9.44. The largest absolute Gasteiger partial charge is 0.367 e. The Hall–Kier alpha value is -3.25. The number of rotatable bonds is 3. The SMILES string of the molecule is CC1(c2ccccc2)CN(c2cc(-c3ccccc3)nc3ncnn23)CCO1. The molecule has 6 heteroatoms. The van der Waals surface area contributed by atoms with Gasteiger partial charge in [0.05, 0.1) is 18.8 Å². The maximum Gasteiger partial charge on any atom is 0.254 e. The number of hydrogen-bond acceptors (Lipinski definition) is 5. The summed E-state index contributed by atoms with van der Waals surface area (Å²) < 4.78 is 8.02. The number of morpholine rings is 1. The standard InChI is InChI=1S/C22H21N5O/c1-22(18-10-6-3-7-11-18)15-26(12-13-28-22)20-14-19(17-8-4-2-5-9-17)25-21-23-16-24-27(20)21/h2-11,14,16H,12-13,15H2,1H3. The van der Waals surface area contributed by atoms with Crippen molar-refractivity contribution < 1.29 is 4.74 Å². The van der Waals surface area contributed by atoms with Gasteiger partial charge in [0.2, 0.25) is 0 Å². The van der Waals surface area contributed by atoms with Crippen LogP contribution >= 0.6 is 0 Å². The fraction of sp³-hybridized carbons (Fsp3) is 0.227. The Labute approximate surface area is 163 Å². The summed E-state index contributed by atoms with van der Waals surface area (Å²) in [4.78, 5) is 11.3. The fourth-order valence-corrected chi connectivity index (χ4v) is 3.81. The molecule has 1 aliphatic rings. The molecule has 0 aliphatic carbocycles. The quantitative estimate of drug-likeness (QED) is 0.551. The highest BCUT2D eigenvalue weighted by Crippen LogP contribution is 2.32. The van der Waals surface area contributed by atoms with Crippen molar-refractivity contribution in [1.29, 1.82) is 0 Å². The van der Waals surface area contributed by atoms with Crippen molar-refractivity contribution in [1.82, 2.24) is 19.6 Å². The van der Waals surface area contributed by atoms with Crippen LogP contribution in [0.2, 0.25) is 0 Å². The first kappa shape index (κ1) is 16.9. The van der Waals surface area contributed by atoms with Gasteiger partial charge >= 0.3 is 0 Å². The van der Waals surface area contributed by atoms with Crippen LogP contribution in [0.1, 0.15) is 12.5 Å². The molecule has 0 saturated carbocycles. The van der Waals surface area contributed by atoms with Crippen LogP contribution in [0.4, 0.5) is 5.82 Å². The Balaban J connectivity index is 1.58. The van der Waals surface area contributed by atoms with Crippen LogP contribution in [-0.2, 0) is 10.3 Å². The van der Waals surface area contributed by atoms with E-state index in [4.69, 9.17) is 4.74 Å². The number of fused-ring (bicyclic) bond motifs is 1. The van der Waals surface area contributed by atoms with Gasteiger partial charge in [0.1, 0.15) is 17.7 Å². The first-order chi connectivity index (χ1) is 13.7. The molecule has 140 valence electrons. The van der Waals surface area contributed by atoms with Crippen LogP contribution in [-0.4, -0.2) is 39.3 Å². The minimum atomic E-state index is -0.386. The molecular weight excluding hydrogens is 350 g/mol. The summed E-state index contributed by atoms with van der Waals surface area (Å²) in [7, 11) is 0. The predicted molar refractivity (Wildman–Crippen MR) is 108 cm³/mol. The van der Waals surface area contributed by atoms with Crippen molar-refractivity contribution in [3.05, 3.63) is 78.6 Å². The van der Waals surface area contributed by atoms with Crippen LogP contribution in [0, 0.1) is 0 Å². The highest BCUT2D eigenvalue weighted by Gasteiger charge is 2.35. The van der Waals surface area contributed by atoms with Gasteiger partial charge in [-0.05, 0) is 12.5 Å². The zero-order valence-electron chi connectivity index (χ0n) is 15.7. The number of anilines is 1. The summed E-state index contributed by atoms with van der Waals surface area (Å²) in [6.45, 7) is 4.30. The van der Waals surface area contributed by atoms with Crippen molar-refractivity contribution in [3.8, 4) is 11.3 Å². The van der Waals surface area contributed by atoms with E-state index in [0.29, 0.717) is 12.4 Å². The third-order valence-corrected chi connectivity index (χ3v) is 5.29. The molecule has 1 aliphatic heterocycles. The highest BCUT2D eigenvalue weighted by molar-refractivity contribution is 5.65. The van der Waals surface area contributed by atoms with Crippen LogP contribution in [0.25, 0.3) is 17.0 Å². The molecule has 0 amide bonds. The predicted octanol–water partition coefficient (Wildman–Crippen LogP) is 3.54. The van der Waals surface area contributed by atoms with Gasteiger partial charge in [0, 0.05) is 18.2 Å². The van der Waals surface area contributed by atoms with E-state index in [9.17, 15) is 0 Å². The molecule has 0 radical (unpaired) electrons. The van der Waals surface area contributed by atoms with Gasteiger partial charge in [0.15, 0.2) is 0 Å². The smallest absolute Gasteiger partial charge is 0.254 e. The molecule has 2 aromatic heterocycles. The second-order valence-corrected chi connectivity index (χ2v) is 7.20. The third-order valence-electron chi connectivity index (χ3n) is 5.29. The molecule has 5 rings (SSSR count). The number of benzene rings is 2. The molecule has 2 aromatic carbocycles. The Morgan fingerprint density at radius 3 is 2.54 bits per heavy atom. The molecule has 1 unspecified atom stereocenters. The van der Waals surface area contributed by atoms with Crippen molar-refractivity contribution >= 4 is 11.6 Å². The zero-order chi connectivity index (χ0) is 19.0. The van der Waals surface area contributed by atoms with Gasteiger partial charge in [-0.25, -0.2) is 4.98 Å². The average molecular weight is 371 g/mol. The zero-order valence-corrected chi connectivity index (χ0v) is 15.7. The molecular formula is C22H21N5O. The maximum absolute atomic E-state index is 6.21. The number of hydrogen-bond donors (Lipinski definition) is 0. The first-order valence-corrected chi connectivity index (χ1v) is 9.44. The molecule has 3 heterocycles. The van der Waals surface area contributed by atoms with Gasteiger partial charge < -0.3 is 9.64 Å².